The van der Waals surface area contributed by atoms with E-state index in [2.05, 4.69) is 11.6 Å². The fraction of sp³-hybridized carbons (Fsp3) is 0.857. The van der Waals surface area contributed by atoms with Gasteiger partial charge in [0.25, 0.3) is 0 Å². The molecule has 2 nitrogen and oxygen atoms in total. The van der Waals surface area contributed by atoms with E-state index in [1.807, 2.05) is 0 Å². The molecule has 0 aliphatic rings. The average Bonchev–Trinajstić information content (AvgIpc) is 1.99. The predicted molar refractivity (Wildman–Crippen MR) is 51.3 cm³/mol. The summed E-state index contributed by atoms with van der Waals surface area (Å²) in [5.74, 6) is 1.57. The first-order chi connectivity index (χ1) is 5.31. The van der Waals surface area contributed by atoms with Crippen molar-refractivity contribution in [3.63, 3.8) is 0 Å². The van der Waals surface area contributed by atoms with Gasteiger partial charge in [0.15, 0.2) is 0 Å². The lowest BCUT2D eigenvalue weighted by Crippen LogP contribution is -2.24. The van der Waals surface area contributed by atoms with Crippen LogP contribution < -0.4 is 5.32 Å². The van der Waals surface area contributed by atoms with Gasteiger partial charge in [-0.1, -0.05) is 0 Å². The van der Waals surface area contributed by atoms with Crippen LogP contribution in [0.1, 0.15) is 12.8 Å². The Balaban J connectivity index is 3.04. The predicted octanol–water partition coefficient (Wildman–Crippen LogP) is 1.48. The van der Waals surface area contributed by atoms with Gasteiger partial charge in [0.1, 0.15) is 0 Å². The van der Waals surface area contributed by atoms with Gasteiger partial charge in [-0.2, -0.15) is 11.8 Å². The third-order valence-electron chi connectivity index (χ3n) is 1.17. The van der Waals surface area contributed by atoms with Crippen LogP contribution in [0.5, 0.6) is 0 Å². The molecule has 0 heterocycles. The minimum Gasteiger partial charge on any atom is -0.356 e. The molecule has 0 saturated carbocycles. The van der Waals surface area contributed by atoms with Crippen LogP contribution in [0.15, 0.2) is 0 Å². The molecule has 11 heavy (non-hydrogen) atoms. The number of nitrogens with one attached hydrogen (secondary N) is 1. The largest absolute Gasteiger partial charge is 0.356 e. The molecule has 4 heteroatoms. The molecule has 1 amide bonds. The van der Waals surface area contributed by atoms with E-state index in [4.69, 9.17) is 11.6 Å². The number of hydrogen-bond donors (Lipinski definition) is 1. The van der Waals surface area contributed by atoms with E-state index >= 15 is 0 Å². The Morgan fingerprint density at radius 1 is 1.64 bits per heavy atom. The van der Waals surface area contributed by atoms with Gasteiger partial charge in [0, 0.05) is 18.8 Å². The van der Waals surface area contributed by atoms with E-state index in [1.165, 1.54) is 0 Å². The molecule has 0 aromatic rings. The van der Waals surface area contributed by atoms with Gasteiger partial charge in [-0.25, -0.2) is 0 Å². The smallest absolute Gasteiger partial charge is 0.221 e. The number of carbonyl (C=O) groups is 1. The second-order valence-electron chi connectivity index (χ2n) is 2.14. The van der Waals surface area contributed by atoms with E-state index < -0.39 is 0 Å². The molecule has 0 rings (SSSR count). The van der Waals surface area contributed by atoms with Crippen LogP contribution in [0.2, 0.25) is 0 Å². The Kier molecular flexibility index (Phi) is 8.29. The summed E-state index contributed by atoms with van der Waals surface area (Å²) in [4.78, 5) is 10.8. The van der Waals surface area contributed by atoms with Crippen LogP contribution in [0, 0.1) is 0 Å². The van der Waals surface area contributed by atoms with Gasteiger partial charge < -0.3 is 5.32 Å². The van der Waals surface area contributed by atoms with Crippen LogP contribution in [0.25, 0.3) is 0 Å². The van der Waals surface area contributed by atoms with Gasteiger partial charge in [0.2, 0.25) is 5.91 Å². The van der Waals surface area contributed by atoms with E-state index in [-0.39, 0.29) is 5.91 Å². The molecule has 0 aliphatic carbocycles. The van der Waals surface area contributed by atoms with Gasteiger partial charge in [-0.05, 0) is 18.4 Å². The Hall–Kier alpha value is 0.110. The maximum Gasteiger partial charge on any atom is 0.221 e. The number of alkyl halides is 1. The van der Waals surface area contributed by atoms with Crippen molar-refractivity contribution in [1.29, 1.82) is 0 Å². The van der Waals surface area contributed by atoms with Crippen molar-refractivity contribution in [2.45, 2.75) is 12.8 Å². The number of carbonyl (C=O) groups excluding carboxylic acids is 1. The first-order valence-corrected chi connectivity index (χ1v) is 5.55. The van der Waals surface area contributed by atoms with Crippen molar-refractivity contribution in [3.05, 3.63) is 0 Å². The van der Waals surface area contributed by atoms with E-state index in [0.717, 1.165) is 18.7 Å². The molecule has 0 unspecified atom stereocenters. The van der Waals surface area contributed by atoms with E-state index in [1.54, 1.807) is 11.8 Å². The summed E-state index contributed by atoms with van der Waals surface area (Å²) in [5.41, 5.74) is 0. The summed E-state index contributed by atoms with van der Waals surface area (Å²) in [5, 5.41) is 2.78. The summed E-state index contributed by atoms with van der Waals surface area (Å²) in [7, 11) is 0. The molecule has 0 aromatic carbocycles. The minimum absolute atomic E-state index is 0.0566. The Labute approximate surface area is 77.1 Å². The normalized spacial score (nSPS) is 9.64. The zero-order chi connectivity index (χ0) is 8.53. The van der Waals surface area contributed by atoms with Gasteiger partial charge in [-0.15, -0.1) is 11.6 Å². The highest BCUT2D eigenvalue weighted by Crippen LogP contribution is 1.93. The van der Waals surface area contributed by atoms with Crippen LogP contribution in [0.4, 0.5) is 0 Å². The molecule has 0 saturated heterocycles. The van der Waals surface area contributed by atoms with Crippen molar-refractivity contribution >= 4 is 29.3 Å². The SMILES string of the molecule is CSCCCNC(=O)CCCl. The van der Waals surface area contributed by atoms with Crippen LogP contribution in [0.3, 0.4) is 0 Å². The fourth-order valence-electron chi connectivity index (χ4n) is 0.619. The molecular weight excluding hydrogens is 182 g/mol. The highest BCUT2D eigenvalue weighted by Gasteiger charge is 1.96. The minimum atomic E-state index is 0.0566. The summed E-state index contributed by atoms with van der Waals surface area (Å²) in [6.07, 6.45) is 3.52. The number of halogens is 1. The summed E-state index contributed by atoms with van der Waals surface area (Å²) in [6, 6.07) is 0. The second kappa shape index (κ2) is 8.21. The van der Waals surface area contributed by atoms with Crippen molar-refractivity contribution in [2.24, 2.45) is 0 Å². The fourth-order valence-corrected chi connectivity index (χ4v) is 1.22. The van der Waals surface area contributed by atoms with Gasteiger partial charge in [0.05, 0.1) is 0 Å². The van der Waals surface area contributed by atoms with E-state index in [0.29, 0.717) is 12.3 Å². The van der Waals surface area contributed by atoms with E-state index in [9.17, 15) is 4.79 Å². The number of rotatable bonds is 6. The summed E-state index contributed by atoms with van der Waals surface area (Å²) >= 11 is 7.16. The van der Waals surface area contributed by atoms with Gasteiger partial charge >= 0.3 is 0 Å². The molecule has 0 radical (unpaired) electrons. The molecule has 0 aliphatic heterocycles. The second-order valence-corrected chi connectivity index (χ2v) is 3.50. The molecule has 0 aromatic heterocycles. The summed E-state index contributed by atoms with van der Waals surface area (Å²) < 4.78 is 0. The molecule has 0 atom stereocenters. The first-order valence-electron chi connectivity index (χ1n) is 3.63. The lowest BCUT2D eigenvalue weighted by atomic mass is 10.4. The molecule has 0 fully saturated rings. The Morgan fingerprint density at radius 3 is 2.91 bits per heavy atom. The third-order valence-corrected chi connectivity index (χ3v) is 2.05. The standard InChI is InChI=1S/C7H14ClNOS/c1-11-6-2-5-9-7(10)3-4-8/h2-6H2,1H3,(H,9,10). The maximum atomic E-state index is 10.8. The number of hydrogen-bond acceptors (Lipinski definition) is 2. The molecule has 66 valence electrons. The Morgan fingerprint density at radius 2 is 2.36 bits per heavy atom. The van der Waals surface area contributed by atoms with Crippen molar-refractivity contribution in [1.82, 2.24) is 5.32 Å². The first kappa shape index (κ1) is 11.1. The lowest BCUT2D eigenvalue weighted by Gasteiger charge is -2.01. The molecule has 0 bridgehead atoms. The van der Waals surface area contributed by atoms with Gasteiger partial charge in [-0.3, -0.25) is 4.79 Å². The van der Waals surface area contributed by atoms with Crippen molar-refractivity contribution in [3.8, 4) is 0 Å². The zero-order valence-electron chi connectivity index (χ0n) is 6.73. The molecule has 0 spiro atoms. The summed E-state index contributed by atoms with van der Waals surface area (Å²) in [6.45, 7) is 0.774. The third kappa shape index (κ3) is 8.01. The van der Waals surface area contributed by atoms with Crippen LogP contribution >= 0.6 is 23.4 Å². The van der Waals surface area contributed by atoms with Crippen LogP contribution in [-0.4, -0.2) is 30.3 Å². The highest BCUT2D eigenvalue weighted by atomic mass is 35.5. The number of amides is 1. The average molecular weight is 196 g/mol. The van der Waals surface area contributed by atoms with Crippen LogP contribution in [-0.2, 0) is 4.79 Å². The number of thioether (sulfide) groups is 1. The maximum absolute atomic E-state index is 10.8. The highest BCUT2D eigenvalue weighted by molar-refractivity contribution is 7.98. The molecular formula is C7H14ClNOS. The monoisotopic (exact) mass is 195 g/mol. The van der Waals surface area contributed by atoms with Crippen molar-refractivity contribution in [2.75, 3.05) is 24.4 Å². The van der Waals surface area contributed by atoms with Crippen molar-refractivity contribution < 1.29 is 4.79 Å². The lowest BCUT2D eigenvalue weighted by molar-refractivity contribution is -0.120. The zero-order valence-corrected chi connectivity index (χ0v) is 8.30. The quantitative estimate of drug-likeness (QED) is 0.514. The Bertz CT molecular complexity index is 111. The molecule has 1 N–H and O–H groups in total. The topological polar surface area (TPSA) is 29.1 Å².